The Morgan fingerprint density at radius 3 is 2.39 bits per heavy atom. The summed E-state index contributed by atoms with van der Waals surface area (Å²) in [5.41, 5.74) is -4.87. The first kappa shape index (κ1) is 10.4. The van der Waals surface area contributed by atoms with Crippen LogP contribution in [0.5, 0.6) is 0 Å². The van der Waals surface area contributed by atoms with Gasteiger partial charge in [0.2, 0.25) is 0 Å². The Balaban J connectivity index is 2.36. The van der Waals surface area contributed by atoms with Gasteiger partial charge in [-0.15, -0.1) is 0 Å². The Hall–Kier alpha value is -1.60. The SMILES string of the molecule is [2H]c1nc([2H])c(C2([2H])C([2H])([2H])C([2H])([2H])N(C(=O)OC(C)(C)C)C([2H])([2H])C2([2H])[2H])c([2H])c1B1OC(C)(C)C(C)(C)O1. The van der Waals surface area contributed by atoms with Gasteiger partial charge in [-0.05, 0) is 72.7 Å². The minimum atomic E-state index is -3.82. The highest BCUT2D eigenvalue weighted by atomic mass is 16.7. The van der Waals surface area contributed by atoms with Crippen molar-refractivity contribution in [2.45, 2.75) is 83.9 Å². The van der Waals surface area contributed by atoms with Gasteiger partial charge in [-0.2, -0.15) is 0 Å². The Kier molecular flexibility index (Phi) is 2.74. The maximum absolute atomic E-state index is 13.0. The Morgan fingerprint density at radius 2 is 1.86 bits per heavy atom. The predicted octanol–water partition coefficient (Wildman–Crippen LogP) is 3.50. The van der Waals surface area contributed by atoms with Crippen LogP contribution in [0.15, 0.2) is 18.4 Å². The number of carbonyl (C=O) groups is 1. The van der Waals surface area contributed by atoms with E-state index in [1.54, 1.807) is 27.7 Å². The fraction of sp³-hybridized carbons (Fsp3) is 0.714. The van der Waals surface area contributed by atoms with Gasteiger partial charge in [0.05, 0.1) is 15.3 Å². The van der Waals surface area contributed by atoms with Crippen LogP contribution in [-0.4, -0.2) is 52.9 Å². The van der Waals surface area contributed by atoms with Crippen LogP contribution >= 0.6 is 0 Å². The molecule has 1 aromatic heterocycles. The van der Waals surface area contributed by atoms with Crippen LogP contribution in [0.2, 0.25) is 0 Å². The van der Waals surface area contributed by atoms with Crippen LogP contribution < -0.4 is 5.46 Å². The molecule has 3 rings (SSSR count). The molecule has 1 amide bonds. The van der Waals surface area contributed by atoms with E-state index in [4.69, 9.17) is 30.5 Å². The first-order valence-corrected chi connectivity index (χ1v) is 8.90. The van der Waals surface area contributed by atoms with Crippen LogP contribution in [0, 0.1) is 0 Å². The standard InChI is InChI=1S/C21H33BN2O4/c1-19(2,3)26-18(25)24-10-8-15(9-11-24)16-12-17(14-23-13-16)22-27-20(4,5)21(6,7)28-22/h12-15H,8-11H2,1-7H3/i8D2,9D2,10D2,11D2,12D,13D,14D,15D. The van der Waals surface area contributed by atoms with Crippen molar-refractivity contribution < 1.29 is 35.3 Å². The topological polar surface area (TPSA) is 60.9 Å². The molecule has 0 N–H and O–H groups in total. The van der Waals surface area contributed by atoms with E-state index in [2.05, 4.69) is 4.98 Å². The van der Waals surface area contributed by atoms with Crippen molar-refractivity contribution in [2.24, 2.45) is 0 Å². The van der Waals surface area contributed by atoms with Crippen molar-refractivity contribution in [1.82, 2.24) is 9.88 Å². The first-order valence-electron chi connectivity index (χ1n) is 14.9. The van der Waals surface area contributed by atoms with Crippen LogP contribution in [0.4, 0.5) is 4.79 Å². The van der Waals surface area contributed by atoms with Crippen molar-refractivity contribution in [2.75, 3.05) is 13.0 Å². The molecule has 0 spiro atoms. The molecule has 1 aromatic rings. The number of aromatic nitrogens is 1. The van der Waals surface area contributed by atoms with E-state index in [1.165, 1.54) is 20.8 Å². The van der Waals surface area contributed by atoms with Crippen LogP contribution in [0.3, 0.4) is 0 Å². The molecule has 154 valence electrons. The van der Waals surface area contributed by atoms with Crippen molar-refractivity contribution in [3.05, 3.63) is 24.0 Å². The van der Waals surface area contributed by atoms with Crippen molar-refractivity contribution in [1.29, 1.82) is 0 Å². The number of piperidine rings is 1. The normalized spacial score (nSPS) is 37.0. The average Bonchev–Trinajstić information content (AvgIpc) is 2.90. The molecule has 0 aromatic carbocycles. The average molecular weight is 400 g/mol. The molecular weight excluding hydrogens is 355 g/mol. The smallest absolute Gasteiger partial charge is 0.444 e. The summed E-state index contributed by atoms with van der Waals surface area (Å²) in [6.07, 6.45) is -11.2. The summed E-state index contributed by atoms with van der Waals surface area (Å²) < 4.78 is 120. The number of ether oxygens (including phenoxy) is 1. The number of nitrogens with zero attached hydrogens (tertiary/aromatic N) is 2. The molecule has 0 saturated carbocycles. The monoisotopic (exact) mass is 400 g/mol. The quantitative estimate of drug-likeness (QED) is 0.712. The third-order valence-corrected chi connectivity index (χ3v) is 4.50. The zero-order chi connectivity index (χ0) is 31.4. The molecule has 2 fully saturated rings. The third kappa shape index (κ3) is 4.52. The van der Waals surface area contributed by atoms with Gasteiger partial charge in [0.1, 0.15) is 5.60 Å². The molecule has 2 saturated heterocycles. The third-order valence-electron chi connectivity index (χ3n) is 4.50. The highest BCUT2D eigenvalue weighted by Gasteiger charge is 2.51. The number of carbonyl (C=O) groups excluding carboxylic acids is 1. The summed E-state index contributed by atoms with van der Waals surface area (Å²) in [6, 6.07) is -0.969. The van der Waals surface area contributed by atoms with Gasteiger partial charge in [0, 0.05) is 43.1 Å². The summed E-state index contributed by atoms with van der Waals surface area (Å²) in [5.74, 6) is -3.71. The number of hydrogen-bond acceptors (Lipinski definition) is 5. The fourth-order valence-corrected chi connectivity index (χ4v) is 2.33. The number of rotatable bonds is 2. The zero-order valence-electron chi connectivity index (χ0n) is 29.1. The Labute approximate surface area is 185 Å². The highest BCUT2D eigenvalue weighted by molar-refractivity contribution is 6.62. The zero-order valence-corrected chi connectivity index (χ0v) is 17.1. The molecule has 0 unspecified atom stereocenters. The Bertz CT molecular complexity index is 1190. The van der Waals surface area contributed by atoms with E-state index < -0.39 is 91.1 Å². The number of pyridine rings is 1. The summed E-state index contributed by atoms with van der Waals surface area (Å²) >= 11 is 0. The lowest BCUT2D eigenvalue weighted by molar-refractivity contribution is 0.00578. The molecule has 3 heterocycles. The van der Waals surface area contributed by atoms with Gasteiger partial charge in [0.25, 0.3) is 0 Å². The second kappa shape index (κ2) is 7.34. The lowest BCUT2D eigenvalue weighted by Crippen LogP contribution is -2.41. The van der Waals surface area contributed by atoms with Crippen LogP contribution in [0.25, 0.3) is 0 Å². The molecule has 0 radical (unpaired) electrons. The number of amides is 1. The van der Waals surface area contributed by atoms with Gasteiger partial charge in [-0.1, -0.05) is 6.04 Å². The van der Waals surface area contributed by atoms with Gasteiger partial charge in [-0.25, -0.2) is 4.79 Å². The summed E-state index contributed by atoms with van der Waals surface area (Å²) in [7, 11) is -1.48. The lowest BCUT2D eigenvalue weighted by Gasteiger charge is -2.33. The maximum Gasteiger partial charge on any atom is 0.496 e. The number of likely N-dealkylation sites (tertiary alicyclic amines) is 1. The van der Waals surface area contributed by atoms with Gasteiger partial charge in [0.15, 0.2) is 0 Å². The lowest BCUT2D eigenvalue weighted by atomic mass is 9.78. The van der Waals surface area contributed by atoms with Crippen molar-refractivity contribution >= 4 is 18.7 Å². The summed E-state index contributed by atoms with van der Waals surface area (Å²) in [5, 5.41) is 0. The molecule has 2 aliphatic rings. The van der Waals surface area contributed by atoms with E-state index in [0.717, 1.165) is 0 Å². The van der Waals surface area contributed by atoms with Gasteiger partial charge >= 0.3 is 13.2 Å². The fourth-order valence-electron chi connectivity index (χ4n) is 2.33. The minimum Gasteiger partial charge on any atom is -0.444 e. The molecule has 0 aliphatic carbocycles. The molecule has 0 atom stereocenters. The van der Waals surface area contributed by atoms with Crippen molar-refractivity contribution in [3.63, 3.8) is 0 Å². The molecule has 0 bridgehead atoms. The van der Waals surface area contributed by atoms with E-state index in [-0.39, 0.29) is 4.90 Å². The largest absolute Gasteiger partial charge is 0.496 e. The van der Waals surface area contributed by atoms with Crippen molar-refractivity contribution in [3.8, 4) is 0 Å². The van der Waals surface area contributed by atoms with Crippen LogP contribution in [-0.2, 0) is 14.0 Å². The van der Waals surface area contributed by atoms with E-state index in [0.29, 0.717) is 0 Å². The predicted molar refractivity (Wildman–Crippen MR) is 110 cm³/mol. The minimum absolute atomic E-state index is 0.354. The second-order valence-electron chi connectivity index (χ2n) is 8.50. The van der Waals surface area contributed by atoms with Gasteiger partial charge < -0.3 is 18.9 Å². The summed E-state index contributed by atoms with van der Waals surface area (Å²) in [6.45, 7) is 3.35. The highest BCUT2D eigenvalue weighted by Crippen LogP contribution is 2.36. The first-order chi connectivity index (χ1) is 17.5. The van der Waals surface area contributed by atoms with E-state index in [9.17, 15) is 4.79 Å². The molecule has 6 nitrogen and oxygen atoms in total. The maximum atomic E-state index is 13.0. The molecular formula is C21H33BN2O4. The van der Waals surface area contributed by atoms with Crippen LogP contribution in [0.1, 0.15) is 89.1 Å². The second-order valence-corrected chi connectivity index (χ2v) is 8.50. The summed E-state index contributed by atoms with van der Waals surface area (Å²) in [4.78, 5) is 16.3. The number of hydrogen-bond donors (Lipinski definition) is 0. The molecule has 7 heteroatoms. The molecule has 28 heavy (non-hydrogen) atoms. The Morgan fingerprint density at radius 1 is 1.29 bits per heavy atom. The molecule has 2 aliphatic heterocycles. The van der Waals surface area contributed by atoms with E-state index in [1.807, 2.05) is 0 Å². The van der Waals surface area contributed by atoms with E-state index >= 15 is 0 Å². The van der Waals surface area contributed by atoms with Gasteiger partial charge in [-0.3, -0.25) is 4.98 Å².